The fourth-order valence-corrected chi connectivity index (χ4v) is 3.76. The number of hydrogen-bond acceptors (Lipinski definition) is 3. The van der Waals surface area contributed by atoms with E-state index >= 15 is 0 Å². The second-order valence-corrected chi connectivity index (χ2v) is 7.45. The standard InChI is InChI=1S/C22H32N4O.HI/c1-4-23-22(25-15-21-26-16(2)17(3)27-21)24-14-18-10-12-20(13-11-18)19-8-6-5-7-9-19;/h5-9,18,20H,4,10-15H2,1-3H3,(H2,23,24,25);1H. The van der Waals surface area contributed by atoms with Gasteiger partial charge in [-0.25, -0.2) is 9.98 Å². The summed E-state index contributed by atoms with van der Waals surface area (Å²) in [4.78, 5) is 9.02. The summed E-state index contributed by atoms with van der Waals surface area (Å²) in [6, 6.07) is 10.9. The molecule has 0 amide bonds. The summed E-state index contributed by atoms with van der Waals surface area (Å²) in [5.41, 5.74) is 2.43. The van der Waals surface area contributed by atoms with Crippen molar-refractivity contribution in [3.05, 3.63) is 53.2 Å². The van der Waals surface area contributed by atoms with Crippen molar-refractivity contribution in [1.29, 1.82) is 0 Å². The Morgan fingerprint density at radius 2 is 1.82 bits per heavy atom. The second-order valence-electron chi connectivity index (χ2n) is 7.45. The van der Waals surface area contributed by atoms with Gasteiger partial charge in [0.2, 0.25) is 5.89 Å². The number of aromatic nitrogens is 1. The van der Waals surface area contributed by atoms with Crippen LogP contribution in [0.5, 0.6) is 0 Å². The molecule has 3 rings (SSSR count). The maximum atomic E-state index is 5.62. The molecule has 1 aromatic carbocycles. The Balaban J connectivity index is 0.00000280. The molecule has 1 heterocycles. The van der Waals surface area contributed by atoms with E-state index < -0.39 is 0 Å². The molecule has 0 atom stereocenters. The van der Waals surface area contributed by atoms with Crippen LogP contribution in [-0.4, -0.2) is 24.0 Å². The van der Waals surface area contributed by atoms with E-state index in [0.717, 1.165) is 36.4 Å². The number of benzene rings is 1. The zero-order chi connectivity index (χ0) is 19.1. The Bertz CT molecular complexity index is 717. The normalized spacial score (nSPS) is 19.8. The van der Waals surface area contributed by atoms with E-state index in [0.29, 0.717) is 18.4 Å². The predicted octanol–water partition coefficient (Wildman–Crippen LogP) is 4.94. The highest BCUT2D eigenvalue weighted by atomic mass is 127. The van der Waals surface area contributed by atoms with E-state index in [1.54, 1.807) is 0 Å². The highest BCUT2D eigenvalue weighted by Crippen LogP contribution is 2.35. The summed E-state index contributed by atoms with van der Waals surface area (Å²) in [6.45, 7) is 8.26. The summed E-state index contributed by atoms with van der Waals surface area (Å²) in [5.74, 6) is 3.82. The predicted molar refractivity (Wildman–Crippen MR) is 125 cm³/mol. The van der Waals surface area contributed by atoms with E-state index in [9.17, 15) is 0 Å². The first-order valence-electron chi connectivity index (χ1n) is 10.2. The first-order valence-corrected chi connectivity index (χ1v) is 10.2. The van der Waals surface area contributed by atoms with Crippen LogP contribution in [0.25, 0.3) is 0 Å². The van der Waals surface area contributed by atoms with Crippen LogP contribution in [0.3, 0.4) is 0 Å². The van der Waals surface area contributed by atoms with Crippen LogP contribution in [0, 0.1) is 19.8 Å². The van der Waals surface area contributed by atoms with Crippen molar-refractivity contribution < 1.29 is 4.42 Å². The number of hydrogen-bond donors (Lipinski definition) is 2. The molecular formula is C22H33IN4O. The molecule has 28 heavy (non-hydrogen) atoms. The smallest absolute Gasteiger partial charge is 0.216 e. The van der Waals surface area contributed by atoms with Gasteiger partial charge in [-0.15, -0.1) is 24.0 Å². The molecule has 5 nitrogen and oxygen atoms in total. The van der Waals surface area contributed by atoms with Crippen LogP contribution in [0.1, 0.15) is 61.4 Å². The second kappa shape index (κ2) is 11.4. The van der Waals surface area contributed by atoms with Crippen molar-refractivity contribution in [3.63, 3.8) is 0 Å². The number of nitrogens with zero attached hydrogens (tertiary/aromatic N) is 2. The molecule has 6 heteroatoms. The first-order chi connectivity index (χ1) is 13.2. The molecule has 1 aromatic heterocycles. The van der Waals surface area contributed by atoms with Gasteiger partial charge in [0, 0.05) is 13.1 Å². The van der Waals surface area contributed by atoms with Gasteiger partial charge in [0.05, 0.1) is 5.69 Å². The van der Waals surface area contributed by atoms with Crippen LogP contribution < -0.4 is 10.6 Å². The average molecular weight is 496 g/mol. The van der Waals surface area contributed by atoms with Gasteiger partial charge < -0.3 is 15.1 Å². The topological polar surface area (TPSA) is 62.5 Å². The summed E-state index contributed by atoms with van der Waals surface area (Å²) >= 11 is 0. The molecule has 2 N–H and O–H groups in total. The van der Waals surface area contributed by atoms with Gasteiger partial charge in [0.25, 0.3) is 0 Å². The molecule has 0 radical (unpaired) electrons. The molecule has 0 aliphatic heterocycles. The molecule has 1 saturated carbocycles. The van der Waals surface area contributed by atoms with Crippen LogP contribution >= 0.6 is 24.0 Å². The van der Waals surface area contributed by atoms with E-state index in [1.165, 1.54) is 31.2 Å². The monoisotopic (exact) mass is 496 g/mol. The first kappa shape index (κ1) is 22.7. The van der Waals surface area contributed by atoms with Gasteiger partial charge in [-0.05, 0) is 63.9 Å². The Morgan fingerprint density at radius 3 is 2.43 bits per heavy atom. The zero-order valence-corrected chi connectivity index (χ0v) is 19.5. The molecule has 0 spiro atoms. The van der Waals surface area contributed by atoms with Crippen molar-refractivity contribution in [2.75, 3.05) is 13.1 Å². The molecule has 1 aliphatic rings. The van der Waals surface area contributed by atoms with Gasteiger partial charge >= 0.3 is 0 Å². The fraction of sp³-hybridized carbons (Fsp3) is 0.545. The lowest BCUT2D eigenvalue weighted by Crippen LogP contribution is -2.40. The quantitative estimate of drug-likeness (QED) is 0.338. The third-order valence-corrected chi connectivity index (χ3v) is 5.47. The number of rotatable bonds is 6. The molecule has 2 aromatic rings. The SMILES string of the molecule is CCNC(=NCc1nc(C)c(C)o1)NCC1CCC(c2ccccc2)CC1.I. The summed E-state index contributed by atoms with van der Waals surface area (Å²) in [6.07, 6.45) is 5.09. The molecule has 154 valence electrons. The highest BCUT2D eigenvalue weighted by molar-refractivity contribution is 14.0. The summed E-state index contributed by atoms with van der Waals surface area (Å²) in [5, 5.41) is 6.82. The van der Waals surface area contributed by atoms with Crippen molar-refractivity contribution in [2.45, 2.75) is 58.9 Å². The maximum absolute atomic E-state index is 5.62. The Kier molecular flexibility index (Phi) is 9.28. The molecule has 0 saturated heterocycles. The largest absolute Gasteiger partial charge is 0.444 e. The number of aliphatic imine (C=N–C) groups is 1. The van der Waals surface area contributed by atoms with Crippen LogP contribution in [-0.2, 0) is 6.54 Å². The van der Waals surface area contributed by atoms with E-state index in [1.807, 2.05) is 13.8 Å². The molecule has 0 bridgehead atoms. The summed E-state index contributed by atoms with van der Waals surface area (Å²) in [7, 11) is 0. The number of guanidine groups is 1. The lowest BCUT2D eigenvalue weighted by Gasteiger charge is -2.29. The number of oxazole rings is 1. The van der Waals surface area contributed by atoms with Gasteiger partial charge in [-0.2, -0.15) is 0 Å². The number of halogens is 1. The lowest BCUT2D eigenvalue weighted by molar-refractivity contribution is 0.324. The maximum Gasteiger partial charge on any atom is 0.216 e. The van der Waals surface area contributed by atoms with E-state index in [4.69, 9.17) is 4.42 Å². The third kappa shape index (κ3) is 6.50. The van der Waals surface area contributed by atoms with Crippen molar-refractivity contribution in [1.82, 2.24) is 15.6 Å². The minimum Gasteiger partial charge on any atom is -0.444 e. The Hall–Kier alpha value is -1.57. The third-order valence-electron chi connectivity index (χ3n) is 5.47. The van der Waals surface area contributed by atoms with Gasteiger partial charge in [-0.3, -0.25) is 0 Å². The molecule has 0 unspecified atom stereocenters. The van der Waals surface area contributed by atoms with E-state index in [-0.39, 0.29) is 24.0 Å². The van der Waals surface area contributed by atoms with Crippen LogP contribution in [0.4, 0.5) is 0 Å². The minimum atomic E-state index is 0. The van der Waals surface area contributed by atoms with Crippen molar-refractivity contribution in [2.24, 2.45) is 10.9 Å². The number of aryl methyl sites for hydroxylation is 2. The zero-order valence-electron chi connectivity index (χ0n) is 17.2. The number of nitrogens with one attached hydrogen (secondary N) is 2. The minimum absolute atomic E-state index is 0. The van der Waals surface area contributed by atoms with Crippen molar-refractivity contribution in [3.8, 4) is 0 Å². The van der Waals surface area contributed by atoms with Crippen molar-refractivity contribution >= 4 is 29.9 Å². The lowest BCUT2D eigenvalue weighted by atomic mass is 9.79. The molecule has 1 aliphatic carbocycles. The van der Waals surface area contributed by atoms with Gasteiger partial charge in [0.1, 0.15) is 12.3 Å². The van der Waals surface area contributed by atoms with Gasteiger partial charge in [-0.1, -0.05) is 30.3 Å². The van der Waals surface area contributed by atoms with Gasteiger partial charge in [0.15, 0.2) is 5.96 Å². The molecule has 1 fully saturated rings. The Labute approximate surface area is 185 Å². The average Bonchev–Trinajstić information content (AvgIpc) is 3.03. The van der Waals surface area contributed by atoms with Crippen LogP contribution in [0.15, 0.2) is 39.7 Å². The van der Waals surface area contributed by atoms with E-state index in [2.05, 4.69) is 57.9 Å². The highest BCUT2D eigenvalue weighted by Gasteiger charge is 2.22. The van der Waals surface area contributed by atoms with Crippen LogP contribution in [0.2, 0.25) is 0 Å². The molecular weight excluding hydrogens is 463 g/mol. The fourth-order valence-electron chi connectivity index (χ4n) is 3.76. The summed E-state index contributed by atoms with van der Waals surface area (Å²) < 4.78 is 5.62. The Morgan fingerprint density at radius 1 is 1.11 bits per heavy atom.